The van der Waals surface area contributed by atoms with Crippen molar-refractivity contribution in [3.05, 3.63) is 72.6 Å². The van der Waals surface area contributed by atoms with Gasteiger partial charge in [0.2, 0.25) is 5.88 Å². The van der Waals surface area contributed by atoms with E-state index < -0.39 is 26.6 Å². The third-order valence-electron chi connectivity index (χ3n) is 7.36. The summed E-state index contributed by atoms with van der Waals surface area (Å²) in [7, 11) is -3.07. The number of benzene rings is 2. The third kappa shape index (κ3) is 4.21. The number of methoxy groups -OCH3 is 1. The molecule has 2 aromatic heterocycles. The molecule has 1 saturated heterocycles. The second-order valence-corrected chi connectivity index (χ2v) is 11.4. The number of aromatic nitrogens is 2. The van der Waals surface area contributed by atoms with Crippen LogP contribution in [0.15, 0.2) is 65.8 Å². The van der Waals surface area contributed by atoms with Gasteiger partial charge in [-0.3, -0.25) is 9.71 Å². The van der Waals surface area contributed by atoms with Gasteiger partial charge in [0.15, 0.2) is 0 Å². The molecule has 6 rings (SSSR count). The normalized spacial score (nSPS) is 18.2. The van der Waals surface area contributed by atoms with E-state index in [-0.39, 0.29) is 23.1 Å². The number of ether oxygens (including phenoxy) is 1. The zero-order valence-corrected chi connectivity index (χ0v) is 21.2. The Morgan fingerprint density at radius 2 is 1.89 bits per heavy atom. The summed E-state index contributed by atoms with van der Waals surface area (Å²) in [5.74, 6) is -2.11. The van der Waals surface area contributed by atoms with Crippen molar-refractivity contribution in [1.29, 1.82) is 0 Å². The van der Waals surface area contributed by atoms with E-state index in [9.17, 15) is 22.3 Å². The average molecular weight is 539 g/mol. The first-order valence-electron chi connectivity index (χ1n) is 12.0. The molecule has 0 radical (unpaired) electrons. The molecule has 0 bridgehead atoms. The Balaban J connectivity index is 1.38. The number of anilines is 2. The van der Waals surface area contributed by atoms with Gasteiger partial charge in [0.1, 0.15) is 22.2 Å². The SMILES string of the molecule is COc1ncc(-c2ccc3nccc(N4CC(O)C5(CC5)C4)c3c2)cc1NS(=O)(=O)c1ccc(F)cc1F. The van der Waals surface area contributed by atoms with E-state index in [4.69, 9.17) is 4.74 Å². The van der Waals surface area contributed by atoms with E-state index in [1.165, 1.54) is 7.11 Å². The molecule has 1 atom stereocenters. The molecule has 196 valence electrons. The van der Waals surface area contributed by atoms with Gasteiger partial charge in [0.25, 0.3) is 10.0 Å². The minimum absolute atomic E-state index is 0.00132. The van der Waals surface area contributed by atoms with Crippen molar-refractivity contribution in [3.8, 4) is 17.0 Å². The minimum Gasteiger partial charge on any atom is -0.480 e. The number of hydrogen-bond acceptors (Lipinski definition) is 7. The van der Waals surface area contributed by atoms with E-state index in [0.29, 0.717) is 18.2 Å². The second kappa shape index (κ2) is 8.88. The number of β-amino-alcohol motifs (C(OH)–C–C–N with tert-alkyl or cyclic N) is 1. The molecule has 2 aliphatic rings. The van der Waals surface area contributed by atoms with Crippen molar-refractivity contribution in [1.82, 2.24) is 9.97 Å². The zero-order valence-electron chi connectivity index (χ0n) is 20.4. The van der Waals surface area contributed by atoms with E-state index in [0.717, 1.165) is 53.7 Å². The van der Waals surface area contributed by atoms with Gasteiger partial charge in [0, 0.05) is 53.6 Å². The molecule has 1 aliphatic carbocycles. The highest BCUT2D eigenvalue weighted by Crippen LogP contribution is 2.54. The van der Waals surface area contributed by atoms with Crippen LogP contribution in [-0.2, 0) is 10.0 Å². The number of fused-ring (bicyclic) bond motifs is 1. The Kier molecular flexibility index (Phi) is 5.73. The lowest BCUT2D eigenvalue weighted by molar-refractivity contribution is 0.136. The van der Waals surface area contributed by atoms with Gasteiger partial charge in [-0.05, 0) is 54.8 Å². The number of hydrogen-bond donors (Lipinski definition) is 2. The molecule has 3 heterocycles. The van der Waals surface area contributed by atoms with E-state index in [1.807, 2.05) is 24.3 Å². The summed E-state index contributed by atoms with van der Waals surface area (Å²) >= 11 is 0. The maximum Gasteiger partial charge on any atom is 0.264 e. The maximum atomic E-state index is 14.2. The van der Waals surface area contributed by atoms with Gasteiger partial charge in [0.05, 0.1) is 18.7 Å². The number of aliphatic hydroxyl groups is 1. The summed E-state index contributed by atoms with van der Waals surface area (Å²) in [6.07, 6.45) is 4.98. The van der Waals surface area contributed by atoms with Crippen molar-refractivity contribution in [3.63, 3.8) is 0 Å². The highest BCUT2D eigenvalue weighted by atomic mass is 32.2. The van der Waals surface area contributed by atoms with Crippen LogP contribution in [0.1, 0.15) is 12.8 Å². The predicted molar refractivity (Wildman–Crippen MR) is 139 cm³/mol. The standard InChI is InChI=1S/C27H24F2N4O4S/c1-37-26-22(32-38(35,36)24-5-3-18(28)12-20(24)29)11-17(13-31-26)16-2-4-21-19(10-16)23(6-9-30-21)33-14-25(34)27(15-33)7-8-27/h2-6,9-13,25,32,34H,7-8,14-15H2,1H3. The average Bonchev–Trinajstić information content (AvgIpc) is 3.60. The van der Waals surface area contributed by atoms with Crippen LogP contribution in [0.2, 0.25) is 0 Å². The molecule has 1 aliphatic heterocycles. The molecule has 0 amide bonds. The third-order valence-corrected chi connectivity index (χ3v) is 8.76. The molecule has 2 aromatic carbocycles. The summed E-state index contributed by atoms with van der Waals surface area (Å²) in [6.45, 7) is 1.34. The quantitative estimate of drug-likeness (QED) is 0.376. The van der Waals surface area contributed by atoms with Crippen LogP contribution in [0.5, 0.6) is 5.88 Å². The number of sulfonamides is 1. The molecule has 2 fully saturated rings. The molecular weight excluding hydrogens is 514 g/mol. The number of halogens is 2. The second-order valence-electron chi connectivity index (χ2n) is 9.78. The highest BCUT2D eigenvalue weighted by molar-refractivity contribution is 7.92. The lowest BCUT2D eigenvalue weighted by Gasteiger charge is -2.20. The van der Waals surface area contributed by atoms with Crippen LogP contribution in [0.25, 0.3) is 22.0 Å². The van der Waals surface area contributed by atoms with Crippen LogP contribution in [0.4, 0.5) is 20.2 Å². The fourth-order valence-corrected chi connectivity index (χ4v) is 6.22. The maximum absolute atomic E-state index is 14.2. The lowest BCUT2D eigenvalue weighted by atomic mass is 10.0. The Bertz CT molecular complexity index is 1680. The topological polar surface area (TPSA) is 105 Å². The first-order valence-corrected chi connectivity index (χ1v) is 13.5. The summed E-state index contributed by atoms with van der Waals surface area (Å²) in [4.78, 5) is 10.2. The first-order chi connectivity index (χ1) is 18.2. The monoisotopic (exact) mass is 538 g/mol. The molecule has 1 saturated carbocycles. The molecular formula is C27H24F2N4O4S. The Hall–Kier alpha value is -3.83. The molecule has 38 heavy (non-hydrogen) atoms. The summed E-state index contributed by atoms with van der Waals surface area (Å²) in [5.41, 5.74) is 3.07. The number of aliphatic hydroxyl groups excluding tert-OH is 1. The van der Waals surface area contributed by atoms with Crippen molar-refractivity contribution in [2.75, 3.05) is 29.8 Å². The highest BCUT2D eigenvalue weighted by Gasteiger charge is 2.54. The van der Waals surface area contributed by atoms with Crippen molar-refractivity contribution >= 4 is 32.3 Å². The number of nitrogens with one attached hydrogen (secondary N) is 1. The van der Waals surface area contributed by atoms with Crippen LogP contribution >= 0.6 is 0 Å². The Morgan fingerprint density at radius 1 is 1.08 bits per heavy atom. The van der Waals surface area contributed by atoms with Crippen molar-refractivity contribution in [2.24, 2.45) is 5.41 Å². The molecule has 1 spiro atoms. The first kappa shape index (κ1) is 24.5. The van der Waals surface area contributed by atoms with Crippen LogP contribution in [-0.4, -0.2) is 49.8 Å². The largest absolute Gasteiger partial charge is 0.480 e. The predicted octanol–water partition coefficient (Wildman–Crippen LogP) is 4.35. The summed E-state index contributed by atoms with van der Waals surface area (Å²) < 4.78 is 60.9. The minimum atomic E-state index is -4.41. The van der Waals surface area contributed by atoms with E-state index in [2.05, 4.69) is 19.6 Å². The number of rotatable bonds is 6. The lowest BCUT2D eigenvalue weighted by Crippen LogP contribution is -2.21. The zero-order chi connectivity index (χ0) is 26.7. The molecule has 8 nitrogen and oxygen atoms in total. The fraction of sp³-hybridized carbons (Fsp3) is 0.259. The summed E-state index contributed by atoms with van der Waals surface area (Å²) in [5, 5.41) is 11.5. The van der Waals surface area contributed by atoms with Gasteiger partial charge >= 0.3 is 0 Å². The van der Waals surface area contributed by atoms with Gasteiger partial charge < -0.3 is 14.7 Å². The molecule has 2 N–H and O–H groups in total. The smallest absolute Gasteiger partial charge is 0.264 e. The molecule has 1 unspecified atom stereocenters. The molecule has 4 aromatic rings. The van der Waals surface area contributed by atoms with Crippen molar-refractivity contribution < 1.29 is 27.0 Å². The summed E-state index contributed by atoms with van der Waals surface area (Å²) in [6, 6.07) is 11.4. The van der Waals surface area contributed by atoms with Crippen LogP contribution in [0.3, 0.4) is 0 Å². The van der Waals surface area contributed by atoms with E-state index >= 15 is 0 Å². The number of nitrogens with zero attached hydrogens (tertiary/aromatic N) is 3. The van der Waals surface area contributed by atoms with Gasteiger partial charge in [-0.15, -0.1) is 0 Å². The van der Waals surface area contributed by atoms with Crippen LogP contribution < -0.4 is 14.4 Å². The van der Waals surface area contributed by atoms with Gasteiger partial charge in [-0.25, -0.2) is 22.2 Å². The van der Waals surface area contributed by atoms with Crippen LogP contribution in [0, 0.1) is 17.0 Å². The molecule has 11 heteroatoms. The van der Waals surface area contributed by atoms with Gasteiger partial charge in [-0.2, -0.15) is 0 Å². The Labute approximate surface area is 218 Å². The van der Waals surface area contributed by atoms with Gasteiger partial charge in [-0.1, -0.05) is 6.07 Å². The van der Waals surface area contributed by atoms with Crippen molar-refractivity contribution in [2.45, 2.75) is 23.8 Å². The fourth-order valence-electron chi connectivity index (χ4n) is 5.11. The van der Waals surface area contributed by atoms with E-state index in [1.54, 1.807) is 18.5 Å². The Morgan fingerprint density at radius 3 is 2.61 bits per heavy atom. The number of pyridine rings is 2.